The number of carboxylic acids is 1. The van der Waals surface area contributed by atoms with Crippen LogP contribution < -0.4 is 5.32 Å². The van der Waals surface area contributed by atoms with Gasteiger partial charge >= 0.3 is 5.97 Å². The number of hydrogen-bond donors (Lipinski definition) is 2. The monoisotopic (exact) mass is 297 g/mol. The molecule has 1 aromatic rings. The van der Waals surface area contributed by atoms with E-state index in [0.717, 1.165) is 25.6 Å². The van der Waals surface area contributed by atoms with Crippen LogP contribution in [0.1, 0.15) is 16.8 Å². The van der Waals surface area contributed by atoms with Gasteiger partial charge in [0.05, 0.1) is 16.6 Å². The summed E-state index contributed by atoms with van der Waals surface area (Å²) in [5.41, 5.74) is -0.996. The lowest BCUT2D eigenvalue weighted by Crippen LogP contribution is -2.19. The molecule has 0 bridgehead atoms. The largest absolute Gasteiger partial charge is 0.478 e. The second-order valence-electron chi connectivity index (χ2n) is 5.21. The van der Waals surface area contributed by atoms with Gasteiger partial charge in [-0.3, -0.25) is 10.1 Å². The van der Waals surface area contributed by atoms with Crippen molar-refractivity contribution in [2.45, 2.75) is 6.42 Å². The molecule has 1 heterocycles. The van der Waals surface area contributed by atoms with Crippen LogP contribution in [0.4, 0.5) is 15.8 Å². The van der Waals surface area contributed by atoms with Gasteiger partial charge in [-0.1, -0.05) is 0 Å². The third-order valence-electron chi connectivity index (χ3n) is 3.58. The average Bonchev–Trinajstić information content (AvgIpc) is 2.82. The molecule has 1 saturated heterocycles. The zero-order chi connectivity index (χ0) is 15.6. The van der Waals surface area contributed by atoms with Crippen LogP contribution in [-0.2, 0) is 0 Å². The van der Waals surface area contributed by atoms with E-state index in [9.17, 15) is 19.3 Å². The van der Waals surface area contributed by atoms with Crippen LogP contribution >= 0.6 is 0 Å². The Hall–Kier alpha value is -2.22. The molecule has 0 radical (unpaired) electrons. The van der Waals surface area contributed by atoms with Crippen molar-refractivity contribution < 1.29 is 19.2 Å². The predicted molar refractivity (Wildman–Crippen MR) is 74.1 cm³/mol. The third-order valence-corrected chi connectivity index (χ3v) is 3.58. The maximum Gasteiger partial charge on any atom is 0.338 e. The van der Waals surface area contributed by atoms with Gasteiger partial charge in [0, 0.05) is 13.1 Å². The summed E-state index contributed by atoms with van der Waals surface area (Å²) in [6.07, 6.45) is 0.963. The Kier molecular flexibility index (Phi) is 4.37. The molecular weight excluding hydrogens is 281 g/mol. The number of benzene rings is 1. The van der Waals surface area contributed by atoms with E-state index in [1.807, 2.05) is 7.05 Å². The summed E-state index contributed by atoms with van der Waals surface area (Å²) >= 11 is 0. The number of aromatic carboxylic acids is 1. The minimum atomic E-state index is -1.45. The maximum atomic E-state index is 13.5. The summed E-state index contributed by atoms with van der Waals surface area (Å²) in [5.74, 6) is -2.24. The number of likely N-dealkylation sites (tertiary alicyclic amines) is 1. The molecule has 7 nitrogen and oxygen atoms in total. The first kappa shape index (κ1) is 15.2. The molecule has 21 heavy (non-hydrogen) atoms. The second-order valence-corrected chi connectivity index (χ2v) is 5.21. The van der Waals surface area contributed by atoms with E-state index in [-0.39, 0.29) is 5.69 Å². The van der Waals surface area contributed by atoms with Crippen molar-refractivity contribution in [2.24, 2.45) is 5.92 Å². The highest BCUT2D eigenvalue weighted by Crippen LogP contribution is 2.28. The Labute approximate surface area is 120 Å². The van der Waals surface area contributed by atoms with Crippen molar-refractivity contribution >= 4 is 17.3 Å². The topological polar surface area (TPSA) is 95.7 Å². The van der Waals surface area contributed by atoms with Gasteiger partial charge in [-0.25, -0.2) is 9.18 Å². The summed E-state index contributed by atoms with van der Waals surface area (Å²) in [6, 6.07) is 1.63. The first-order valence-electron chi connectivity index (χ1n) is 6.52. The number of nitrogens with one attached hydrogen (secondary N) is 1. The van der Waals surface area contributed by atoms with Crippen molar-refractivity contribution in [2.75, 3.05) is 32.0 Å². The number of rotatable bonds is 5. The Balaban J connectivity index is 2.21. The molecule has 0 aliphatic carbocycles. The molecule has 0 amide bonds. The van der Waals surface area contributed by atoms with Gasteiger partial charge in [0.15, 0.2) is 0 Å². The van der Waals surface area contributed by atoms with Gasteiger partial charge in [-0.05, 0) is 32.0 Å². The first-order valence-corrected chi connectivity index (χ1v) is 6.52. The normalized spacial score (nSPS) is 18.7. The lowest BCUT2D eigenvalue weighted by atomic mass is 10.1. The molecular formula is C13H16FN3O4. The van der Waals surface area contributed by atoms with Crippen molar-refractivity contribution in [3.8, 4) is 0 Å². The number of nitro benzene ring substituents is 1. The number of nitrogens with zero attached hydrogens (tertiary/aromatic N) is 2. The Morgan fingerprint density at radius 2 is 2.33 bits per heavy atom. The van der Waals surface area contributed by atoms with Gasteiger partial charge in [0.2, 0.25) is 0 Å². The molecule has 0 spiro atoms. The number of anilines is 1. The second kappa shape index (κ2) is 6.04. The molecule has 1 unspecified atom stereocenters. The van der Waals surface area contributed by atoms with Crippen LogP contribution in [-0.4, -0.2) is 47.6 Å². The standard InChI is InChI=1S/C13H16FN3O4/c1-16-3-2-8(7-16)6-15-11-4-9(13(18)19)10(14)5-12(11)17(20)21/h4-5,8,15H,2-3,6-7H2,1H3,(H,18,19). The molecule has 1 atom stereocenters. The van der Waals surface area contributed by atoms with Gasteiger partial charge in [-0.2, -0.15) is 0 Å². The molecule has 1 fully saturated rings. The van der Waals surface area contributed by atoms with Crippen molar-refractivity contribution in [3.63, 3.8) is 0 Å². The molecule has 2 N–H and O–H groups in total. The molecule has 1 aromatic carbocycles. The molecule has 0 aromatic heterocycles. The lowest BCUT2D eigenvalue weighted by Gasteiger charge is -2.13. The predicted octanol–water partition coefficient (Wildman–Crippen LogP) is 1.80. The number of hydrogen-bond acceptors (Lipinski definition) is 5. The SMILES string of the molecule is CN1CCC(CNc2cc(C(=O)O)c(F)cc2[N+](=O)[O-])C1. The van der Waals surface area contributed by atoms with Crippen LogP contribution in [0.5, 0.6) is 0 Å². The van der Waals surface area contributed by atoms with E-state index in [1.165, 1.54) is 0 Å². The van der Waals surface area contributed by atoms with Crippen LogP contribution in [0.3, 0.4) is 0 Å². The summed E-state index contributed by atoms with van der Waals surface area (Å²) in [6.45, 7) is 2.31. The highest BCUT2D eigenvalue weighted by molar-refractivity contribution is 5.90. The van der Waals surface area contributed by atoms with E-state index in [4.69, 9.17) is 5.11 Å². The van der Waals surface area contributed by atoms with E-state index in [1.54, 1.807) is 0 Å². The van der Waals surface area contributed by atoms with Gasteiger partial charge in [-0.15, -0.1) is 0 Å². The number of halogens is 1. The molecule has 1 aliphatic heterocycles. The zero-order valence-corrected chi connectivity index (χ0v) is 11.5. The van der Waals surface area contributed by atoms with Gasteiger partial charge in [0.25, 0.3) is 5.69 Å². The van der Waals surface area contributed by atoms with E-state index in [2.05, 4.69) is 10.2 Å². The molecule has 2 rings (SSSR count). The Morgan fingerprint density at radius 1 is 1.62 bits per heavy atom. The van der Waals surface area contributed by atoms with Crippen LogP contribution in [0.15, 0.2) is 12.1 Å². The van der Waals surface area contributed by atoms with Crippen molar-refractivity contribution in [1.29, 1.82) is 0 Å². The Bertz CT molecular complexity index is 579. The van der Waals surface area contributed by atoms with E-state index < -0.39 is 28.0 Å². The fourth-order valence-electron chi connectivity index (χ4n) is 2.47. The average molecular weight is 297 g/mol. The molecule has 8 heteroatoms. The molecule has 114 valence electrons. The van der Waals surface area contributed by atoms with Crippen LogP contribution in [0.25, 0.3) is 0 Å². The van der Waals surface area contributed by atoms with Crippen LogP contribution in [0, 0.1) is 21.8 Å². The zero-order valence-electron chi connectivity index (χ0n) is 11.5. The van der Waals surface area contributed by atoms with Gasteiger partial charge in [0.1, 0.15) is 11.5 Å². The number of nitro groups is 1. The van der Waals surface area contributed by atoms with E-state index >= 15 is 0 Å². The smallest absolute Gasteiger partial charge is 0.338 e. The fourth-order valence-corrected chi connectivity index (χ4v) is 2.47. The Morgan fingerprint density at radius 3 is 2.86 bits per heavy atom. The summed E-state index contributed by atoms with van der Waals surface area (Å²) in [5, 5.41) is 22.7. The minimum absolute atomic E-state index is 0.0355. The lowest BCUT2D eigenvalue weighted by molar-refractivity contribution is -0.384. The quantitative estimate of drug-likeness (QED) is 0.635. The first-order chi connectivity index (χ1) is 9.88. The minimum Gasteiger partial charge on any atom is -0.478 e. The maximum absolute atomic E-state index is 13.5. The van der Waals surface area contributed by atoms with Gasteiger partial charge < -0.3 is 15.3 Å². The summed E-state index contributed by atoms with van der Waals surface area (Å²) in [7, 11) is 1.99. The number of carbonyl (C=O) groups is 1. The van der Waals surface area contributed by atoms with Crippen LogP contribution in [0.2, 0.25) is 0 Å². The van der Waals surface area contributed by atoms with Crippen molar-refractivity contribution in [1.82, 2.24) is 4.90 Å². The third kappa shape index (κ3) is 3.46. The van der Waals surface area contributed by atoms with Crippen molar-refractivity contribution in [3.05, 3.63) is 33.6 Å². The fraction of sp³-hybridized carbons (Fsp3) is 0.462. The summed E-state index contributed by atoms with van der Waals surface area (Å²) < 4.78 is 13.5. The highest BCUT2D eigenvalue weighted by Gasteiger charge is 2.24. The summed E-state index contributed by atoms with van der Waals surface area (Å²) in [4.78, 5) is 23.3. The van der Waals surface area contributed by atoms with E-state index in [0.29, 0.717) is 18.5 Å². The molecule has 1 aliphatic rings. The number of carboxylic acid groups (broad SMARTS) is 1. The molecule has 0 saturated carbocycles. The highest BCUT2D eigenvalue weighted by atomic mass is 19.1.